The van der Waals surface area contributed by atoms with E-state index in [-0.39, 0.29) is 12.3 Å². The first-order chi connectivity index (χ1) is 13.1. The van der Waals surface area contributed by atoms with Gasteiger partial charge in [0.1, 0.15) is 11.3 Å². The van der Waals surface area contributed by atoms with Crippen LogP contribution in [0.3, 0.4) is 0 Å². The number of carbonyl (C=O) groups excluding carboxylic acids is 1. The molecule has 0 fully saturated rings. The van der Waals surface area contributed by atoms with E-state index in [2.05, 4.69) is 5.32 Å². The predicted molar refractivity (Wildman–Crippen MR) is 103 cm³/mol. The average Bonchev–Trinajstić information content (AvgIpc) is 3.09. The minimum atomic E-state index is -0.0546. The molecule has 3 aromatic rings. The van der Waals surface area contributed by atoms with Crippen LogP contribution in [0.2, 0.25) is 0 Å². The van der Waals surface area contributed by atoms with Gasteiger partial charge in [0.05, 0.1) is 34.0 Å². The van der Waals surface area contributed by atoms with Crippen LogP contribution >= 0.6 is 0 Å². The van der Waals surface area contributed by atoms with Crippen molar-refractivity contribution in [1.29, 1.82) is 0 Å². The second-order valence-electron chi connectivity index (χ2n) is 6.09. The van der Waals surface area contributed by atoms with Gasteiger partial charge in [-0.25, -0.2) is 0 Å². The van der Waals surface area contributed by atoms with Crippen LogP contribution in [0.5, 0.6) is 17.2 Å². The Hall–Kier alpha value is -3.15. The quantitative estimate of drug-likeness (QED) is 0.659. The summed E-state index contributed by atoms with van der Waals surface area (Å²) in [5, 5.41) is 3.84. The summed E-state index contributed by atoms with van der Waals surface area (Å²) in [6.45, 7) is 0.535. The SMILES string of the molecule is COc1ccc2occ(CC(=O)NCCc3ccc(OC)c(OC)c3)c2c1. The zero-order valence-corrected chi connectivity index (χ0v) is 15.7. The van der Waals surface area contributed by atoms with Crippen LogP contribution in [0.4, 0.5) is 0 Å². The number of ether oxygens (including phenoxy) is 3. The molecule has 0 radical (unpaired) electrons. The maximum atomic E-state index is 12.3. The number of furan rings is 1. The molecule has 0 saturated carbocycles. The number of fused-ring (bicyclic) bond motifs is 1. The third-order valence-corrected chi connectivity index (χ3v) is 4.40. The highest BCUT2D eigenvalue weighted by molar-refractivity contribution is 5.88. The molecule has 0 aliphatic rings. The first-order valence-corrected chi connectivity index (χ1v) is 8.66. The smallest absolute Gasteiger partial charge is 0.224 e. The molecule has 0 aliphatic heterocycles. The fraction of sp³-hybridized carbons (Fsp3) is 0.286. The van der Waals surface area contributed by atoms with Gasteiger partial charge in [-0.3, -0.25) is 4.79 Å². The van der Waals surface area contributed by atoms with E-state index in [1.54, 1.807) is 27.6 Å². The number of hydrogen-bond donors (Lipinski definition) is 1. The molecule has 0 unspecified atom stereocenters. The molecule has 0 aliphatic carbocycles. The third kappa shape index (κ3) is 4.34. The highest BCUT2D eigenvalue weighted by atomic mass is 16.5. The summed E-state index contributed by atoms with van der Waals surface area (Å²) in [4.78, 5) is 12.3. The van der Waals surface area contributed by atoms with Crippen LogP contribution in [-0.2, 0) is 17.6 Å². The maximum Gasteiger partial charge on any atom is 0.224 e. The number of hydrogen-bond acceptors (Lipinski definition) is 5. The summed E-state index contributed by atoms with van der Waals surface area (Å²) < 4.78 is 21.3. The average molecular weight is 369 g/mol. The molecular formula is C21H23NO5. The zero-order chi connectivity index (χ0) is 19.2. The minimum absolute atomic E-state index is 0.0546. The van der Waals surface area contributed by atoms with Gasteiger partial charge in [-0.05, 0) is 42.3 Å². The topological polar surface area (TPSA) is 69.9 Å². The van der Waals surface area contributed by atoms with Gasteiger partial charge in [0, 0.05) is 17.5 Å². The summed E-state index contributed by atoms with van der Waals surface area (Å²) in [6, 6.07) is 11.3. The number of rotatable bonds is 8. The number of nitrogens with one attached hydrogen (secondary N) is 1. The first kappa shape index (κ1) is 18.6. The summed E-state index contributed by atoms with van der Waals surface area (Å²) in [7, 11) is 4.82. The fourth-order valence-electron chi connectivity index (χ4n) is 2.94. The van der Waals surface area contributed by atoms with Crippen LogP contribution in [-0.4, -0.2) is 33.8 Å². The van der Waals surface area contributed by atoms with E-state index < -0.39 is 0 Å². The fourth-order valence-corrected chi connectivity index (χ4v) is 2.94. The van der Waals surface area contributed by atoms with Crippen LogP contribution in [0.25, 0.3) is 11.0 Å². The van der Waals surface area contributed by atoms with E-state index in [0.717, 1.165) is 27.8 Å². The van der Waals surface area contributed by atoms with E-state index in [9.17, 15) is 4.79 Å². The summed E-state index contributed by atoms with van der Waals surface area (Å²) in [6.07, 6.45) is 2.58. The molecule has 0 atom stereocenters. The Morgan fingerprint density at radius 3 is 2.56 bits per heavy atom. The normalized spacial score (nSPS) is 10.6. The summed E-state index contributed by atoms with van der Waals surface area (Å²) >= 11 is 0. The lowest BCUT2D eigenvalue weighted by Gasteiger charge is -2.10. The molecular weight excluding hydrogens is 346 g/mol. The molecule has 6 heteroatoms. The zero-order valence-electron chi connectivity index (χ0n) is 15.7. The van der Waals surface area contributed by atoms with Crippen LogP contribution in [0.1, 0.15) is 11.1 Å². The predicted octanol–water partition coefficient (Wildman–Crippen LogP) is 3.36. The van der Waals surface area contributed by atoms with Gasteiger partial charge in [0.15, 0.2) is 11.5 Å². The summed E-state index contributed by atoms with van der Waals surface area (Å²) in [5.74, 6) is 2.05. The molecule has 0 spiro atoms. The van der Waals surface area contributed by atoms with Crippen molar-refractivity contribution < 1.29 is 23.4 Å². The summed E-state index contributed by atoms with van der Waals surface area (Å²) in [5.41, 5.74) is 2.64. The molecule has 142 valence electrons. The molecule has 1 amide bonds. The Bertz CT molecular complexity index is 931. The van der Waals surface area contributed by atoms with Crippen molar-refractivity contribution in [1.82, 2.24) is 5.32 Å². The Balaban J connectivity index is 1.57. The second kappa shape index (κ2) is 8.49. The van der Waals surface area contributed by atoms with Gasteiger partial charge in [-0.1, -0.05) is 6.07 Å². The number of carbonyl (C=O) groups is 1. The Morgan fingerprint density at radius 2 is 1.81 bits per heavy atom. The lowest BCUT2D eigenvalue weighted by Crippen LogP contribution is -2.27. The number of benzene rings is 2. The Kier molecular flexibility index (Phi) is 5.86. The maximum absolute atomic E-state index is 12.3. The second-order valence-corrected chi connectivity index (χ2v) is 6.09. The van der Waals surface area contributed by atoms with Gasteiger partial charge in [0.25, 0.3) is 0 Å². The molecule has 1 heterocycles. The van der Waals surface area contributed by atoms with Crippen molar-refractivity contribution in [3.8, 4) is 17.2 Å². The monoisotopic (exact) mass is 369 g/mol. The van der Waals surface area contributed by atoms with E-state index in [4.69, 9.17) is 18.6 Å². The molecule has 1 aromatic heterocycles. The van der Waals surface area contributed by atoms with E-state index >= 15 is 0 Å². The van der Waals surface area contributed by atoms with E-state index in [1.165, 1.54) is 0 Å². The van der Waals surface area contributed by atoms with Crippen molar-refractivity contribution in [2.45, 2.75) is 12.8 Å². The largest absolute Gasteiger partial charge is 0.497 e. The molecule has 0 saturated heterocycles. The van der Waals surface area contributed by atoms with Gasteiger partial charge in [-0.15, -0.1) is 0 Å². The van der Waals surface area contributed by atoms with Crippen molar-refractivity contribution in [3.63, 3.8) is 0 Å². The van der Waals surface area contributed by atoms with Crippen molar-refractivity contribution in [2.24, 2.45) is 0 Å². The molecule has 6 nitrogen and oxygen atoms in total. The van der Waals surface area contributed by atoms with Crippen LogP contribution < -0.4 is 19.5 Å². The third-order valence-electron chi connectivity index (χ3n) is 4.40. The van der Waals surface area contributed by atoms with Crippen LogP contribution in [0, 0.1) is 0 Å². The highest BCUT2D eigenvalue weighted by Gasteiger charge is 2.11. The molecule has 3 rings (SSSR count). The number of methoxy groups -OCH3 is 3. The molecule has 0 bridgehead atoms. The lowest BCUT2D eigenvalue weighted by molar-refractivity contribution is -0.120. The standard InChI is InChI=1S/C21H23NO5/c1-24-16-5-7-18-17(12-16)15(13-27-18)11-21(23)22-9-8-14-4-6-19(25-2)20(10-14)26-3/h4-7,10,12-13H,8-9,11H2,1-3H3,(H,22,23). The van der Waals surface area contributed by atoms with Crippen LogP contribution in [0.15, 0.2) is 47.1 Å². The molecule has 27 heavy (non-hydrogen) atoms. The Morgan fingerprint density at radius 1 is 1.00 bits per heavy atom. The highest BCUT2D eigenvalue weighted by Crippen LogP contribution is 2.28. The molecule has 1 N–H and O–H groups in total. The minimum Gasteiger partial charge on any atom is -0.497 e. The number of amides is 1. The van der Waals surface area contributed by atoms with Gasteiger partial charge < -0.3 is 23.9 Å². The molecule has 2 aromatic carbocycles. The van der Waals surface area contributed by atoms with Gasteiger partial charge in [0.2, 0.25) is 5.91 Å². The van der Waals surface area contributed by atoms with E-state index in [0.29, 0.717) is 24.5 Å². The van der Waals surface area contributed by atoms with Crippen molar-refractivity contribution >= 4 is 16.9 Å². The van der Waals surface area contributed by atoms with Crippen molar-refractivity contribution in [2.75, 3.05) is 27.9 Å². The van der Waals surface area contributed by atoms with Crippen molar-refractivity contribution in [3.05, 3.63) is 53.8 Å². The van der Waals surface area contributed by atoms with Gasteiger partial charge >= 0.3 is 0 Å². The van der Waals surface area contributed by atoms with E-state index in [1.807, 2.05) is 36.4 Å². The Labute approximate surface area is 158 Å². The first-order valence-electron chi connectivity index (χ1n) is 8.66. The lowest BCUT2D eigenvalue weighted by atomic mass is 10.1. The van der Waals surface area contributed by atoms with Gasteiger partial charge in [-0.2, -0.15) is 0 Å².